The molecule has 1 unspecified atom stereocenters. The summed E-state index contributed by atoms with van der Waals surface area (Å²) in [5, 5.41) is 8.88. The molecule has 0 aromatic rings. The molecule has 0 aromatic carbocycles. The van der Waals surface area contributed by atoms with Crippen LogP contribution in [0.15, 0.2) is 0 Å². The van der Waals surface area contributed by atoms with E-state index in [1.54, 1.807) is 0 Å². The predicted octanol–water partition coefficient (Wildman–Crippen LogP) is -1.14. The van der Waals surface area contributed by atoms with Crippen LogP contribution in [0.1, 0.15) is 0 Å². The minimum absolute atomic E-state index is 0.00352. The molecule has 1 aliphatic rings. The molecule has 5 heteroatoms. The summed E-state index contributed by atoms with van der Waals surface area (Å²) in [5.41, 5.74) is 0. The molecular weight excluding hydrogens is 146 g/mol. The molecule has 1 heterocycles. The van der Waals surface area contributed by atoms with Gasteiger partial charge >= 0.3 is 6.09 Å². The van der Waals surface area contributed by atoms with Crippen molar-refractivity contribution in [2.75, 3.05) is 26.7 Å². The van der Waals surface area contributed by atoms with Crippen molar-refractivity contribution in [2.45, 2.75) is 6.17 Å². The van der Waals surface area contributed by atoms with E-state index < -0.39 is 6.09 Å². The van der Waals surface area contributed by atoms with Gasteiger partial charge in [-0.15, -0.1) is 0 Å². The number of alkyl carbamates (subject to hydrolysis) is 1. The van der Waals surface area contributed by atoms with Gasteiger partial charge in [-0.3, -0.25) is 5.32 Å². The summed E-state index contributed by atoms with van der Waals surface area (Å²) in [6.45, 7) is 2.56. The van der Waals surface area contributed by atoms with Crippen molar-refractivity contribution in [3.63, 3.8) is 0 Å². The summed E-state index contributed by atoms with van der Waals surface area (Å²) in [4.78, 5) is 10.7. The predicted molar refractivity (Wildman–Crippen MR) is 40.2 cm³/mol. The Balaban J connectivity index is 2.19. The number of amides is 1. The normalized spacial score (nSPS) is 24.3. The molecule has 0 spiro atoms. The summed E-state index contributed by atoms with van der Waals surface area (Å²) in [7, 11) is 1.35. The highest BCUT2D eigenvalue weighted by molar-refractivity contribution is 5.67. The molecule has 0 radical (unpaired) electrons. The second kappa shape index (κ2) is 4.15. The molecule has 11 heavy (non-hydrogen) atoms. The van der Waals surface area contributed by atoms with Crippen LogP contribution in [0.5, 0.6) is 0 Å². The molecule has 0 saturated carbocycles. The monoisotopic (exact) mass is 159 g/mol. The zero-order chi connectivity index (χ0) is 8.10. The van der Waals surface area contributed by atoms with E-state index in [0.717, 1.165) is 19.6 Å². The van der Waals surface area contributed by atoms with E-state index in [1.165, 1.54) is 7.11 Å². The second-order valence-corrected chi connectivity index (χ2v) is 2.35. The Morgan fingerprint density at radius 3 is 3.00 bits per heavy atom. The molecule has 1 atom stereocenters. The first-order chi connectivity index (χ1) is 5.33. The van der Waals surface area contributed by atoms with E-state index in [9.17, 15) is 4.79 Å². The van der Waals surface area contributed by atoms with Gasteiger partial charge in [0.2, 0.25) is 0 Å². The average molecular weight is 159 g/mol. The van der Waals surface area contributed by atoms with Gasteiger partial charge in [-0.1, -0.05) is 0 Å². The van der Waals surface area contributed by atoms with Crippen LogP contribution in [0.4, 0.5) is 4.79 Å². The number of hydrogen-bond donors (Lipinski definition) is 3. The van der Waals surface area contributed by atoms with Crippen molar-refractivity contribution < 1.29 is 9.53 Å². The number of piperazine rings is 1. The number of methoxy groups -OCH3 is 1. The second-order valence-electron chi connectivity index (χ2n) is 2.35. The lowest BCUT2D eigenvalue weighted by molar-refractivity contribution is 0.162. The minimum Gasteiger partial charge on any atom is -0.453 e. The first-order valence-electron chi connectivity index (χ1n) is 3.61. The van der Waals surface area contributed by atoms with Gasteiger partial charge in [0.05, 0.1) is 13.3 Å². The summed E-state index contributed by atoms with van der Waals surface area (Å²) < 4.78 is 4.44. The molecule has 1 fully saturated rings. The van der Waals surface area contributed by atoms with Crippen molar-refractivity contribution >= 4 is 6.09 Å². The highest BCUT2D eigenvalue weighted by Gasteiger charge is 2.13. The molecule has 0 bridgehead atoms. The lowest BCUT2D eigenvalue weighted by Crippen LogP contribution is -2.56. The molecule has 1 amide bonds. The quantitative estimate of drug-likeness (QED) is 0.452. The van der Waals surface area contributed by atoms with Crippen LogP contribution in [0.3, 0.4) is 0 Å². The average Bonchev–Trinajstić information content (AvgIpc) is 2.06. The Morgan fingerprint density at radius 1 is 1.64 bits per heavy atom. The highest BCUT2D eigenvalue weighted by atomic mass is 16.5. The van der Waals surface area contributed by atoms with Crippen molar-refractivity contribution in [2.24, 2.45) is 0 Å². The highest BCUT2D eigenvalue weighted by Crippen LogP contribution is 1.82. The Bertz CT molecular complexity index is 134. The van der Waals surface area contributed by atoms with E-state index in [4.69, 9.17) is 0 Å². The SMILES string of the molecule is COC(=O)NC1CNCCN1. The molecule has 0 aromatic heterocycles. The van der Waals surface area contributed by atoms with E-state index in [0.29, 0.717) is 0 Å². The van der Waals surface area contributed by atoms with Crippen LogP contribution in [0.2, 0.25) is 0 Å². The minimum atomic E-state index is -0.397. The van der Waals surface area contributed by atoms with Gasteiger partial charge in [0, 0.05) is 19.6 Å². The van der Waals surface area contributed by atoms with Gasteiger partial charge in [-0.2, -0.15) is 0 Å². The number of rotatable bonds is 1. The first-order valence-corrected chi connectivity index (χ1v) is 3.61. The number of carbonyl (C=O) groups excluding carboxylic acids is 1. The van der Waals surface area contributed by atoms with Crippen LogP contribution in [0, 0.1) is 0 Å². The fraction of sp³-hybridized carbons (Fsp3) is 0.833. The number of nitrogens with one attached hydrogen (secondary N) is 3. The van der Waals surface area contributed by atoms with E-state index in [1.807, 2.05) is 0 Å². The standard InChI is InChI=1S/C6H13N3O2/c1-11-6(10)9-5-4-7-2-3-8-5/h5,7-8H,2-4H2,1H3,(H,9,10). The molecular formula is C6H13N3O2. The van der Waals surface area contributed by atoms with Gasteiger partial charge < -0.3 is 15.4 Å². The summed E-state index contributed by atoms with van der Waals surface area (Å²) in [5.74, 6) is 0. The number of hydrogen-bond acceptors (Lipinski definition) is 4. The maximum Gasteiger partial charge on any atom is 0.408 e. The van der Waals surface area contributed by atoms with Crippen LogP contribution in [-0.4, -0.2) is 39.0 Å². The fourth-order valence-electron chi connectivity index (χ4n) is 0.957. The zero-order valence-corrected chi connectivity index (χ0v) is 6.52. The van der Waals surface area contributed by atoms with E-state index >= 15 is 0 Å². The largest absolute Gasteiger partial charge is 0.453 e. The molecule has 1 rings (SSSR count). The Morgan fingerprint density at radius 2 is 2.45 bits per heavy atom. The third kappa shape index (κ3) is 2.73. The summed E-state index contributed by atoms with van der Waals surface area (Å²) in [6.07, 6.45) is -0.401. The van der Waals surface area contributed by atoms with Gasteiger partial charge in [-0.05, 0) is 0 Å². The third-order valence-corrected chi connectivity index (χ3v) is 1.52. The number of ether oxygens (including phenoxy) is 1. The van der Waals surface area contributed by atoms with Crippen molar-refractivity contribution in [3.8, 4) is 0 Å². The Kier molecular flexibility index (Phi) is 3.13. The molecule has 5 nitrogen and oxygen atoms in total. The summed E-state index contributed by atoms with van der Waals surface area (Å²) >= 11 is 0. The Labute approximate surface area is 65.5 Å². The van der Waals surface area contributed by atoms with Crippen LogP contribution in [-0.2, 0) is 4.74 Å². The van der Waals surface area contributed by atoms with Gasteiger partial charge in [0.15, 0.2) is 0 Å². The van der Waals surface area contributed by atoms with Gasteiger partial charge in [0.1, 0.15) is 0 Å². The number of carbonyl (C=O) groups is 1. The smallest absolute Gasteiger partial charge is 0.408 e. The zero-order valence-electron chi connectivity index (χ0n) is 6.52. The van der Waals surface area contributed by atoms with Crippen molar-refractivity contribution in [1.29, 1.82) is 0 Å². The fourth-order valence-corrected chi connectivity index (χ4v) is 0.957. The first kappa shape index (κ1) is 8.29. The van der Waals surface area contributed by atoms with Crippen molar-refractivity contribution in [1.82, 2.24) is 16.0 Å². The van der Waals surface area contributed by atoms with E-state index in [-0.39, 0.29) is 6.17 Å². The maximum absolute atomic E-state index is 10.7. The maximum atomic E-state index is 10.7. The molecule has 1 aliphatic heterocycles. The molecule has 0 aliphatic carbocycles. The van der Waals surface area contributed by atoms with Gasteiger partial charge in [-0.25, -0.2) is 4.79 Å². The molecule has 3 N–H and O–H groups in total. The molecule has 1 saturated heterocycles. The Hall–Kier alpha value is -0.810. The summed E-state index contributed by atoms with van der Waals surface area (Å²) in [6, 6.07) is 0. The van der Waals surface area contributed by atoms with Crippen LogP contribution in [0.25, 0.3) is 0 Å². The van der Waals surface area contributed by atoms with E-state index in [2.05, 4.69) is 20.7 Å². The lowest BCUT2D eigenvalue weighted by atomic mass is 10.4. The van der Waals surface area contributed by atoms with Crippen LogP contribution >= 0.6 is 0 Å². The molecule has 64 valence electrons. The van der Waals surface area contributed by atoms with Crippen LogP contribution < -0.4 is 16.0 Å². The van der Waals surface area contributed by atoms with Crippen molar-refractivity contribution in [3.05, 3.63) is 0 Å². The topological polar surface area (TPSA) is 62.4 Å². The lowest BCUT2D eigenvalue weighted by Gasteiger charge is -2.24. The van der Waals surface area contributed by atoms with Gasteiger partial charge in [0.25, 0.3) is 0 Å². The third-order valence-electron chi connectivity index (χ3n) is 1.52.